The maximum absolute atomic E-state index is 10.5. The van der Waals surface area contributed by atoms with Gasteiger partial charge in [0, 0.05) is 12.2 Å². The van der Waals surface area contributed by atoms with Gasteiger partial charge in [0.25, 0.3) is 0 Å². The Morgan fingerprint density at radius 1 is 1.27 bits per heavy atom. The fourth-order valence-corrected chi connectivity index (χ4v) is 0.329. The Balaban J connectivity index is 0. The van der Waals surface area contributed by atoms with E-state index >= 15 is 0 Å². The van der Waals surface area contributed by atoms with E-state index in [1.807, 2.05) is 6.08 Å². The molecule has 4 nitrogen and oxygen atoms in total. The molecule has 0 amide bonds. The number of allylic oxidation sites excluding steroid dienone is 1. The number of hydrogen-bond donors (Lipinski definition) is 1. The van der Waals surface area contributed by atoms with Crippen molar-refractivity contribution in [3.05, 3.63) is 37.5 Å². The zero-order chi connectivity index (χ0) is 12.1. The van der Waals surface area contributed by atoms with Crippen LogP contribution >= 0.6 is 0 Å². The number of esters is 1. The van der Waals surface area contributed by atoms with E-state index in [0.717, 1.165) is 6.08 Å². The Bertz CT molecular complexity index is 246. The molecule has 0 bridgehead atoms. The normalized spacial score (nSPS) is 8.60. The molecule has 15 heavy (non-hydrogen) atoms. The molecule has 0 rings (SSSR count). The van der Waals surface area contributed by atoms with Gasteiger partial charge in [0.1, 0.15) is 6.61 Å². The van der Waals surface area contributed by atoms with Crippen molar-refractivity contribution in [2.24, 2.45) is 0 Å². The second-order valence-electron chi connectivity index (χ2n) is 2.08. The van der Waals surface area contributed by atoms with Gasteiger partial charge >= 0.3 is 51.6 Å². The number of ether oxygens (including phenoxy) is 1. The fraction of sp³-hybridized carbons (Fsp3) is 0.200. The zero-order valence-electron chi connectivity index (χ0n) is 8.31. The van der Waals surface area contributed by atoms with Crippen LogP contribution in [0.4, 0.5) is 0 Å². The molecule has 0 aliphatic heterocycles. The summed E-state index contributed by atoms with van der Waals surface area (Å²) in [6.07, 6.45) is 4.86. The van der Waals surface area contributed by atoms with E-state index in [1.165, 1.54) is 10.5 Å². The van der Waals surface area contributed by atoms with Crippen molar-refractivity contribution in [1.82, 2.24) is 0 Å². The summed E-state index contributed by atoms with van der Waals surface area (Å²) < 4.78 is 5.61. The first-order valence-electron chi connectivity index (χ1n) is 4.02. The molecular formula is C10H13O4Sn. The molecule has 0 atom stereocenters. The third kappa shape index (κ3) is 19.4. The number of rotatable bonds is 5. The first kappa shape index (κ1) is 16.4. The van der Waals surface area contributed by atoms with Gasteiger partial charge in [-0.1, -0.05) is 12.7 Å². The van der Waals surface area contributed by atoms with Gasteiger partial charge in [-0.2, -0.15) is 0 Å². The molecule has 3 radical (unpaired) electrons. The second kappa shape index (κ2) is 13.0. The van der Waals surface area contributed by atoms with E-state index in [2.05, 4.69) is 17.9 Å². The van der Waals surface area contributed by atoms with E-state index < -0.39 is 11.9 Å². The van der Waals surface area contributed by atoms with Crippen molar-refractivity contribution in [3.63, 3.8) is 0 Å². The zero-order valence-corrected chi connectivity index (χ0v) is 11.2. The Morgan fingerprint density at radius 3 is 2.13 bits per heavy atom. The van der Waals surface area contributed by atoms with Crippen LogP contribution in [0.5, 0.6) is 0 Å². The monoisotopic (exact) mass is 317 g/mol. The summed E-state index contributed by atoms with van der Waals surface area (Å²) in [7, 11) is 0. The van der Waals surface area contributed by atoms with Gasteiger partial charge in [0.05, 0.1) is 0 Å². The van der Waals surface area contributed by atoms with E-state index in [0.29, 0.717) is 6.08 Å². The summed E-state index contributed by atoms with van der Waals surface area (Å²) in [6, 6.07) is 0. The van der Waals surface area contributed by atoms with Crippen molar-refractivity contribution >= 4 is 34.5 Å². The number of carboxylic acid groups (broad SMARTS) is 1. The molecule has 5 heteroatoms. The molecule has 0 unspecified atom stereocenters. The summed E-state index contributed by atoms with van der Waals surface area (Å²) in [6.45, 7) is 6.90. The van der Waals surface area contributed by atoms with Gasteiger partial charge in [0.2, 0.25) is 0 Å². The summed E-state index contributed by atoms with van der Waals surface area (Å²) in [4.78, 5) is 20.3. The van der Waals surface area contributed by atoms with Gasteiger partial charge in [0.15, 0.2) is 0 Å². The van der Waals surface area contributed by atoms with Crippen LogP contribution in [0.15, 0.2) is 37.5 Å². The Hall–Kier alpha value is -1.04. The maximum atomic E-state index is 10.5. The van der Waals surface area contributed by atoms with Gasteiger partial charge in [-0.15, -0.1) is 0 Å². The average Bonchev–Trinajstić information content (AvgIpc) is 2.23. The Kier molecular flexibility index (Phi) is 14.2. The van der Waals surface area contributed by atoms with Crippen LogP contribution in [0.2, 0.25) is 4.44 Å². The van der Waals surface area contributed by atoms with Crippen LogP contribution < -0.4 is 0 Å². The first-order valence-corrected chi connectivity index (χ1v) is 6.04. The van der Waals surface area contributed by atoms with Crippen molar-refractivity contribution in [2.45, 2.75) is 4.44 Å². The fourth-order valence-electron chi connectivity index (χ4n) is 0.329. The van der Waals surface area contributed by atoms with Crippen LogP contribution in [-0.2, 0) is 14.3 Å². The third-order valence-electron chi connectivity index (χ3n) is 0.850. The van der Waals surface area contributed by atoms with Crippen LogP contribution in [0.3, 0.4) is 0 Å². The molecule has 0 saturated carbocycles. The summed E-state index contributed by atoms with van der Waals surface area (Å²) >= 11 is 1.55. The quantitative estimate of drug-likeness (QED) is 0.357. The van der Waals surface area contributed by atoms with Crippen molar-refractivity contribution < 1.29 is 19.4 Å². The van der Waals surface area contributed by atoms with Crippen LogP contribution in [0.1, 0.15) is 0 Å². The molecule has 0 aromatic carbocycles. The van der Waals surface area contributed by atoms with E-state index in [9.17, 15) is 9.59 Å². The van der Waals surface area contributed by atoms with Crippen molar-refractivity contribution in [2.75, 3.05) is 6.61 Å². The van der Waals surface area contributed by atoms with Gasteiger partial charge in [-0.3, -0.25) is 0 Å². The predicted molar refractivity (Wildman–Crippen MR) is 58.7 cm³/mol. The molecule has 0 aliphatic rings. The number of hydrogen-bond acceptors (Lipinski definition) is 3. The number of carboxylic acids is 1. The minimum atomic E-state index is -1.18. The summed E-state index contributed by atoms with van der Waals surface area (Å²) in [5.41, 5.74) is 0. The number of carbonyl (C=O) groups is 2. The van der Waals surface area contributed by atoms with Crippen LogP contribution in [0.25, 0.3) is 0 Å². The Morgan fingerprint density at radius 2 is 1.80 bits per heavy atom. The molecular weight excluding hydrogens is 303 g/mol. The van der Waals surface area contributed by atoms with E-state index in [1.54, 1.807) is 22.5 Å². The summed E-state index contributed by atoms with van der Waals surface area (Å²) in [5, 5.41) is 8.07. The number of aliphatic carboxylic acids is 1. The predicted octanol–water partition coefficient (Wildman–Crippen LogP) is 1.12. The van der Waals surface area contributed by atoms with Crippen LogP contribution in [-0.4, -0.2) is 46.2 Å². The van der Waals surface area contributed by atoms with Crippen LogP contribution in [0, 0.1) is 0 Å². The van der Waals surface area contributed by atoms with Crippen molar-refractivity contribution in [1.29, 1.82) is 0 Å². The molecule has 0 heterocycles. The molecule has 0 fully saturated rings. The first-order chi connectivity index (χ1) is 7.08. The molecule has 0 spiro atoms. The third-order valence-corrected chi connectivity index (χ3v) is 1.67. The SMILES string of the molecule is C=CCOC(=O)C=CC(=O)O.C=C[CH2][Sn]. The topological polar surface area (TPSA) is 63.6 Å². The summed E-state index contributed by atoms with van der Waals surface area (Å²) in [5.74, 6) is -1.87. The molecule has 0 aliphatic carbocycles. The molecule has 1 N–H and O–H groups in total. The van der Waals surface area contributed by atoms with Gasteiger partial charge in [-0.25, -0.2) is 9.59 Å². The molecule has 81 valence electrons. The molecule has 0 saturated heterocycles. The Labute approximate surface area is 102 Å². The number of carbonyl (C=O) groups excluding carboxylic acids is 1. The van der Waals surface area contributed by atoms with Crippen molar-refractivity contribution in [3.8, 4) is 0 Å². The minimum absolute atomic E-state index is 0.0861. The molecule has 0 aromatic rings. The standard InChI is InChI=1S/C7H8O4.C3H5.Sn/c1-2-5-11-7(10)4-3-6(8)9;1-3-2;/h2-4H,1,5H2,(H,8,9);3H,1-2H2;. The molecule has 0 aromatic heterocycles. The van der Waals surface area contributed by atoms with Gasteiger partial charge in [-0.05, 0) is 0 Å². The van der Waals surface area contributed by atoms with Gasteiger partial charge < -0.3 is 9.84 Å². The van der Waals surface area contributed by atoms with E-state index in [4.69, 9.17) is 5.11 Å². The second-order valence-corrected chi connectivity index (χ2v) is 3.25. The average molecular weight is 316 g/mol. The van der Waals surface area contributed by atoms with E-state index in [-0.39, 0.29) is 6.61 Å².